The first-order valence-corrected chi connectivity index (χ1v) is 6.89. The fourth-order valence-corrected chi connectivity index (χ4v) is 2.70. The monoisotopic (exact) mass is 314 g/mol. The maximum absolute atomic E-state index is 13.9. The topological polar surface area (TPSA) is 46.3 Å². The number of benzene rings is 1. The van der Waals surface area contributed by atoms with E-state index in [2.05, 4.69) is 15.9 Å². The lowest BCUT2D eigenvalue weighted by Crippen LogP contribution is -2.47. The van der Waals surface area contributed by atoms with Crippen LogP contribution in [0.15, 0.2) is 22.7 Å². The summed E-state index contributed by atoms with van der Waals surface area (Å²) in [5.74, 6) is -0.757. The summed E-state index contributed by atoms with van der Waals surface area (Å²) in [5.41, 5.74) is 5.80. The number of halogens is 2. The van der Waals surface area contributed by atoms with E-state index in [-0.39, 0.29) is 17.5 Å². The van der Waals surface area contributed by atoms with Crippen molar-refractivity contribution in [2.45, 2.75) is 25.3 Å². The second kappa shape index (κ2) is 5.80. The zero-order valence-corrected chi connectivity index (χ0v) is 11.6. The average molecular weight is 315 g/mol. The molecule has 1 aliphatic rings. The Morgan fingerprint density at radius 3 is 3.00 bits per heavy atom. The van der Waals surface area contributed by atoms with Crippen molar-refractivity contribution in [3.63, 3.8) is 0 Å². The van der Waals surface area contributed by atoms with Crippen LogP contribution in [0.1, 0.15) is 29.6 Å². The van der Waals surface area contributed by atoms with E-state index in [9.17, 15) is 9.18 Å². The maximum Gasteiger partial charge on any atom is 0.257 e. The molecule has 1 saturated heterocycles. The maximum atomic E-state index is 13.9. The van der Waals surface area contributed by atoms with Crippen molar-refractivity contribution in [3.05, 3.63) is 34.1 Å². The minimum Gasteiger partial charge on any atom is -0.334 e. The van der Waals surface area contributed by atoms with Gasteiger partial charge in [-0.05, 0) is 47.3 Å². The predicted octanol–water partition coefficient (Wildman–Crippen LogP) is 2.54. The molecule has 0 radical (unpaired) electrons. The summed E-state index contributed by atoms with van der Waals surface area (Å²) in [6, 6.07) is 4.81. The summed E-state index contributed by atoms with van der Waals surface area (Å²) in [5, 5.41) is 0. The van der Waals surface area contributed by atoms with Crippen molar-refractivity contribution in [1.82, 2.24) is 4.90 Å². The lowest BCUT2D eigenvalue weighted by molar-refractivity contribution is 0.0618. The first-order chi connectivity index (χ1) is 8.65. The Balaban J connectivity index is 2.27. The van der Waals surface area contributed by atoms with Gasteiger partial charge in [-0.15, -0.1) is 0 Å². The van der Waals surface area contributed by atoms with Gasteiger partial charge in [-0.1, -0.05) is 6.07 Å². The lowest BCUT2D eigenvalue weighted by atomic mass is 10.0. The fourth-order valence-electron chi connectivity index (χ4n) is 2.34. The number of rotatable bonds is 2. The van der Waals surface area contributed by atoms with Crippen molar-refractivity contribution in [2.24, 2.45) is 5.73 Å². The number of likely N-dealkylation sites (tertiary alicyclic amines) is 1. The van der Waals surface area contributed by atoms with E-state index < -0.39 is 5.82 Å². The standard InChI is InChI=1S/C13H16BrFN2O/c14-11-6-3-5-10(12(11)15)13(18)17-7-2-1-4-9(17)8-16/h3,5-6,9H,1-2,4,7-8,16H2. The highest BCUT2D eigenvalue weighted by molar-refractivity contribution is 9.10. The molecule has 98 valence electrons. The average Bonchev–Trinajstić information content (AvgIpc) is 2.41. The van der Waals surface area contributed by atoms with Crippen molar-refractivity contribution in [2.75, 3.05) is 13.1 Å². The van der Waals surface area contributed by atoms with E-state index >= 15 is 0 Å². The van der Waals surface area contributed by atoms with E-state index in [0.29, 0.717) is 17.6 Å². The van der Waals surface area contributed by atoms with Gasteiger partial charge in [0.15, 0.2) is 0 Å². The Morgan fingerprint density at radius 1 is 1.50 bits per heavy atom. The summed E-state index contributed by atoms with van der Waals surface area (Å²) < 4.78 is 14.2. The van der Waals surface area contributed by atoms with Crippen LogP contribution in [0, 0.1) is 5.82 Å². The molecule has 2 N–H and O–H groups in total. The second-order valence-electron chi connectivity index (χ2n) is 4.49. The van der Waals surface area contributed by atoms with Crippen LogP contribution in [0.3, 0.4) is 0 Å². The molecule has 0 saturated carbocycles. The zero-order valence-electron chi connectivity index (χ0n) is 10.0. The second-order valence-corrected chi connectivity index (χ2v) is 5.34. The van der Waals surface area contributed by atoms with Crippen LogP contribution in [0.4, 0.5) is 4.39 Å². The number of amides is 1. The van der Waals surface area contributed by atoms with Crippen molar-refractivity contribution in [1.29, 1.82) is 0 Å². The van der Waals surface area contributed by atoms with Gasteiger partial charge in [0.05, 0.1) is 10.0 Å². The Hall–Kier alpha value is -0.940. The predicted molar refractivity (Wildman–Crippen MR) is 71.8 cm³/mol. The molecule has 1 atom stereocenters. The highest BCUT2D eigenvalue weighted by Crippen LogP contribution is 2.23. The summed E-state index contributed by atoms with van der Waals surface area (Å²) >= 11 is 3.10. The minimum atomic E-state index is -0.496. The molecule has 1 aromatic rings. The molecule has 5 heteroatoms. The Morgan fingerprint density at radius 2 is 2.28 bits per heavy atom. The molecular weight excluding hydrogens is 299 g/mol. The zero-order chi connectivity index (χ0) is 13.1. The molecule has 1 aliphatic heterocycles. The molecule has 0 bridgehead atoms. The molecule has 1 heterocycles. The molecule has 18 heavy (non-hydrogen) atoms. The third-order valence-electron chi connectivity index (χ3n) is 3.34. The van der Waals surface area contributed by atoms with E-state index in [0.717, 1.165) is 19.3 Å². The number of hydrogen-bond donors (Lipinski definition) is 1. The summed E-state index contributed by atoms with van der Waals surface area (Å²) in [6.45, 7) is 1.09. The molecule has 1 amide bonds. The number of carbonyl (C=O) groups excluding carboxylic acids is 1. The number of carbonyl (C=O) groups is 1. The fraction of sp³-hybridized carbons (Fsp3) is 0.462. The third-order valence-corrected chi connectivity index (χ3v) is 3.95. The molecular formula is C13H16BrFN2O. The van der Waals surface area contributed by atoms with Gasteiger partial charge in [-0.25, -0.2) is 4.39 Å². The van der Waals surface area contributed by atoms with Gasteiger partial charge in [0.1, 0.15) is 5.82 Å². The van der Waals surface area contributed by atoms with Crippen LogP contribution in [0.5, 0.6) is 0 Å². The first kappa shape index (κ1) is 13.5. The quantitative estimate of drug-likeness (QED) is 0.912. The largest absolute Gasteiger partial charge is 0.334 e. The summed E-state index contributed by atoms with van der Waals surface area (Å²) in [4.78, 5) is 14.1. The van der Waals surface area contributed by atoms with Crippen molar-refractivity contribution < 1.29 is 9.18 Å². The normalized spacial score (nSPS) is 19.9. The van der Waals surface area contributed by atoms with Crippen LogP contribution in [0.2, 0.25) is 0 Å². The molecule has 1 fully saturated rings. The molecule has 2 rings (SSSR count). The molecule has 1 aromatic carbocycles. The van der Waals surface area contributed by atoms with Crippen LogP contribution in [-0.4, -0.2) is 29.9 Å². The SMILES string of the molecule is NCC1CCCCN1C(=O)c1cccc(Br)c1F. The van der Waals surface area contributed by atoms with Crippen molar-refractivity contribution in [3.8, 4) is 0 Å². The van der Waals surface area contributed by atoms with Crippen LogP contribution >= 0.6 is 15.9 Å². The Kier molecular flexibility index (Phi) is 4.35. The van der Waals surface area contributed by atoms with Gasteiger partial charge in [0, 0.05) is 19.1 Å². The van der Waals surface area contributed by atoms with Gasteiger partial charge in [0.25, 0.3) is 5.91 Å². The van der Waals surface area contributed by atoms with Crippen molar-refractivity contribution >= 4 is 21.8 Å². The summed E-state index contributed by atoms with van der Waals surface area (Å²) in [6.07, 6.45) is 2.93. The lowest BCUT2D eigenvalue weighted by Gasteiger charge is -2.35. The molecule has 3 nitrogen and oxygen atoms in total. The Labute approximate surface area is 114 Å². The van der Waals surface area contributed by atoms with E-state index in [4.69, 9.17) is 5.73 Å². The molecule has 0 aliphatic carbocycles. The first-order valence-electron chi connectivity index (χ1n) is 6.10. The van der Waals surface area contributed by atoms with Gasteiger partial charge in [-0.2, -0.15) is 0 Å². The molecule has 1 unspecified atom stereocenters. The highest BCUT2D eigenvalue weighted by atomic mass is 79.9. The highest BCUT2D eigenvalue weighted by Gasteiger charge is 2.28. The smallest absolute Gasteiger partial charge is 0.257 e. The molecule has 0 aromatic heterocycles. The Bertz CT molecular complexity index is 453. The minimum absolute atomic E-state index is 0.0321. The third kappa shape index (κ3) is 2.57. The van der Waals surface area contributed by atoms with E-state index in [1.165, 1.54) is 6.07 Å². The van der Waals surface area contributed by atoms with Gasteiger partial charge in [0.2, 0.25) is 0 Å². The van der Waals surface area contributed by atoms with E-state index in [1.807, 2.05) is 0 Å². The number of piperidine rings is 1. The number of nitrogens with two attached hydrogens (primary N) is 1. The van der Waals surface area contributed by atoms with Gasteiger partial charge < -0.3 is 10.6 Å². The number of hydrogen-bond acceptors (Lipinski definition) is 2. The van der Waals surface area contributed by atoms with Crippen LogP contribution in [0.25, 0.3) is 0 Å². The van der Waals surface area contributed by atoms with Gasteiger partial charge in [-0.3, -0.25) is 4.79 Å². The van der Waals surface area contributed by atoms with Crippen LogP contribution < -0.4 is 5.73 Å². The van der Waals surface area contributed by atoms with Gasteiger partial charge >= 0.3 is 0 Å². The number of nitrogens with zero attached hydrogens (tertiary/aromatic N) is 1. The summed E-state index contributed by atoms with van der Waals surface area (Å²) in [7, 11) is 0. The molecule has 0 spiro atoms. The van der Waals surface area contributed by atoms with E-state index in [1.54, 1.807) is 17.0 Å². The van der Waals surface area contributed by atoms with Crippen LogP contribution in [-0.2, 0) is 0 Å².